The molecule has 0 unspecified atom stereocenters. The van der Waals surface area contributed by atoms with Crippen molar-refractivity contribution in [3.05, 3.63) is 91.4 Å². The number of aryl methyl sites for hydroxylation is 1. The molecule has 172 valence electrons. The number of hydrogen-bond acceptors (Lipinski definition) is 3. The van der Waals surface area contributed by atoms with Crippen LogP contribution in [-0.4, -0.2) is 22.4 Å². The van der Waals surface area contributed by atoms with Crippen molar-refractivity contribution in [2.75, 3.05) is 16.1 Å². The van der Waals surface area contributed by atoms with Crippen molar-refractivity contribution in [1.82, 2.24) is 4.68 Å². The number of amides is 3. The van der Waals surface area contributed by atoms with Crippen molar-refractivity contribution >= 4 is 87.8 Å². The topological polar surface area (TPSA) is 92.2 Å². The zero-order valence-corrected chi connectivity index (χ0v) is 22.4. The van der Waals surface area contributed by atoms with Crippen LogP contribution in [0.4, 0.5) is 11.4 Å². The van der Waals surface area contributed by atoms with Crippen molar-refractivity contribution in [1.29, 1.82) is 0 Å². The van der Waals surface area contributed by atoms with Crippen LogP contribution in [0.2, 0.25) is 0 Å². The fourth-order valence-corrected chi connectivity index (χ4v) is 4.66. The number of anilines is 2. The minimum absolute atomic E-state index is 0.157. The fraction of sp³-hybridized carbons (Fsp3) is 0.0417. The van der Waals surface area contributed by atoms with Gasteiger partial charge in [0.1, 0.15) is 5.69 Å². The number of carbonyl (C=O) groups is 3. The van der Waals surface area contributed by atoms with Crippen LogP contribution in [0.25, 0.3) is 10.9 Å². The van der Waals surface area contributed by atoms with E-state index in [4.69, 9.17) is 0 Å². The van der Waals surface area contributed by atoms with Crippen LogP contribution in [0.5, 0.6) is 0 Å². The molecule has 0 atom stereocenters. The number of rotatable bonds is 4. The Kier molecular flexibility index (Phi) is 7.20. The van der Waals surface area contributed by atoms with Gasteiger partial charge in [-0.15, -0.1) is 0 Å². The summed E-state index contributed by atoms with van der Waals surface area (Å²) in [5, 5.41) is 6.09. The van der Waals surface area contributed by atoms with Gasteiger partial charge in [-0.1, -0.05) is 44.0 Å². The van der Waals surface area contributed by atoms with Crippen LogP contribution in [0.15, 0.2) is 80.1 Å². The van der Waals surface area contributed by atoms with Gasteiger partial charge in [0.25, 0.3) is 5.91 Å². The highest BCUT2D eigenvalue weighted by atomic mass is 79.9. The Morgan fingerprint density at radius 1 is 0.794 bits per heavy atom. The minimum atomic E-state index is -0.925. The fourth-order valence-electron chi connectivity index (χ4n) is 3.29. The Morgan fingerprint density at radius 2 is 1.56 bits per heavy atom. The normalized spacial score (nSPS) is 10.7. The van der Waals surface area contributed by atoms with Gasteiger partial charge in [0.15, 0.2) is 0 Å². The maximum absolute atomic E-state index is 13.2. The first-order valence-corrected chi connectivity index (χ1v) is 12.4. The third-order valence-corrected chi connectivity index (χ3v) is 6.51. The van der Waals surface area contributed by atoms with E-state index in [1.165, 1.54) is 4.68 Å². The van der Waals surface area contributed by atoms with Gasteiger partial charge in [-0.3, -0.25) is 19.8 Å². The highest BCUT2D eigenvalue weighted by molar-refractivity contribution is 9.11. The lowest BCUT2D eigenvalue weighted by atomic mass is 10.2. The standard InChI is InChI=1S/C24H17Br3N4O3/c1-13-5-7-19(18(27)9-13)29-22(32)21-11-14-10-16(26)6-8-20(14)31(21)30-24(34)23(33)28-17-4-2-3-15(25)12-17/h2-12H,1H3,(H,28,33)(H,29,32)(H,30,34). The van der Waals surface area contributed by atoms with E-state index in [2.05, 4.69) is 63.8 Å². The first kappa shape index (κ1) is 24.2. The number of aromatic nitrogens is 1. The molecule has 0 aliphatic carbocycles. The van der Waals surface area contributed by atoms with Crippen LogP contribution in [0.1, 0.15) is 16.1 Å². The van der Waals surface area contributed by atoms with E-state index < -0.39 is 17.7 Å². The quantitative estimate of drug-likeness (QED) is 0.230. The maximum Gasteiger partial charge on any atom is 0.328 e. The van der Waals surface area contributed by atoms with E-state index in [-0.39, 0.29) is 5.69 Å². The van der Waals surface area contributed by atoms with Crippen LogP contribution >= 0.6 is 47.8 Å². The van der Waals surface area contributed by atoms with Crippen molar-refractivity contribution in [3.63, 3.8) is 0 Å². The van der Waals surface area contributed by atoms with Crippen LogP contribution in [-0.2, 0) is 9.59 Å². The molecule has 3 aromatic carbocycles. The van der Waals surface area contributed by atoms with Crippen molar-refractivity contribution in [2.24, 2.45) is 0 Å². The number of carbonyl (C=O) groups excluding carboxylic acids is 3. The summed E-state index contributed by atoms with van der Waals surface area (Å²) in [5.41, 5.74) is 5.32. The average molecular weight is 649 g/mol. The largest absolute Gasteiger partial charge is 0.328 e. The number of nitrogens with one attached hydrogen (secondary N) is 3. The van der Waals surface area contributed by atoms with Crippen molar-refractivity contribution in [3.8, 4) is 0 Å². The summed E-state index contributed by atoms with van der Waals surface area (Å²) in [6, 6.07) is 19.4. The molecule has 0 saturated carbocycles. The van der Waals surface area contributed by atoms with Gasteiger partial charge in [-0.25, -0.2) is 4.68 Å². The van der Waals surface area contributed by atoms with Gasteiger partial charge >= 0.3 is 11.8 Å². The predicted molar refractivity (Wildman–Crippen MR) is 144 cm³/mol. The summed E-state index contributed by atoms with van der Waals surface area (Å²) in [4.78, 5) is 38.4. The Labute approximate surface area is 220 Å². The number of halogens is 3. The second kappa shape index (κ2) is 10.1. The number of nitrogens with zero attached hydrogens (tertiary/aromatic N) is 1. The molecule has 4 rings (SSSR count). The Bertz CT molecular complexity index is 1450. The van der Waals surface area contributed by atoms with Gasteiger partial charge in [-0.2, -0.15) is 0 Å². The second-order valence-corrected chi connectivity index (χ2v) is 10.1. The second-order valence-electron chi connectivity index (χ2n) is 7.41. The minimum Gasteiger partial charge on any atom is -0.320 e. The lowest BCUT2D eigenvalue weighted by Gasteiger charge is -2.13. The Morgan fingerprint density at radius 3 is 2.29 bits per heavy atom. The molecule has 0 bridgehead atoms. The predicted octanol–water partition coefficient (Wildman–Crippen LogP) is 6.20. The molecule has 0 aliphatic heterocycles. The number of fused-ring (bicyclic) bond motifs is 1. The van der Waals surface area contributed by atoms with E-state index >= 15 is 0 Å². The maximum atomic E-state index is 13.2. The lowest BCUT2D eigenvalue weighted by Crippen LogP contribution is -2.36. The molecule has 4 aromatic rings. The molecule has 1 aromatic heterocycles. The molecule has 34 heavy (non-hydrogen) atoms. The van der Waals surface area contributed by atoms with E-state index in [0.717, 1.165) is 19.0 Å². The zero-order chi connectivity index (χ0) is 24.4. The summed E-state index contributed by atoms with van der Waals surface area (Å²) in [6.07, 6.45) is 0. The molecule has 0 aliphatic rings. The molecular formula is C24H17Br3N4O3. The highest BCUT2D eigenvalue weighted by Crippen LogP contribution is 2.27. The molecule has 7 nitrogen and oxygen atoms in total. The summed E-state index contributed by atoms with van der Waals surface area (Å²) in [5.74, 6) is -2.25. The van der Waals surface area contributed by atoms with Crippen molar-refractivity contribution in [2.45, 2.75) is 6.92 Å². The first-order chi connectivity index (χ1) is 16.2. The van der Waals surface area contributed by atoms with E-state index in [1.807, 2.05) is 25.1 Å². The van der Waals surface area contributed by atoms with Crippen LogP contribution in [0.3, 0.4) is 0 Å². The van der Waals surface area contributed by atoms with E-state index in [0.29, 0.717) is 22.3 Å². The monoisotopic (exact) mass is 646 g/mol. The molecule has 0 saturated heterocycles. The smallest absolute Gasteiger partial charge is 0.320 e. The van der Waals surface area contributed by atoms with Crippen LogP contribution in [0, 0.1) is 6.92 Å². The van der Waals surface area contributed by atoms with Crippen LogP contribution < -0.4 is 16.1 Å². The van der Waals surface area contributed by atoms with Crippen molar-refractivity contribution < 1.29 is 14.4 Å². The SMILES string of the molecule is Cc1ccc(NC(=O)c2cc3cc(Br)ccc3n2NC(=O)C(=O)Nc2cccc(Br)c2)c(Br)c1. The van der Waals surface area contributed by atoms with Gasteiger partial charge in [0.2, 0.25) is 0 Å². The van der Waals surface area contributed by atoms with E-state index in [1.54, 1.807) is 48.5 Å². The first-order valence-electron chi connectivity index (χ1n) is 9.97. The molecule has 10 heteroatoms. The average Bonchev–Trinajstić information content (AvgIpc) is 3.13. The molecule has 0 radical (unpaired) electrons. The van der Waals surface area contributed by atoms with Gasteiger partial charge in [0.05, 0.1) is 11.2 Å². The molecule has 3 N–H and O–H groups in total. The zero-order valence-electron chi connectivity index (χ0n) is 17.7. The lowest BCUT2D eigenvalue weighted by molar-refractivity contribution is -0.133. The third-order valence-electron chi connectivity index (χ3n) is 4.87. The molecule has 0 spiro atoms. The number of benzene rings is 3. The summed E-state index contributed by atoms with van der Waals surface area (Å²) >= 11 is 10.2. The van der Waals surface area contributed by atoms with Gasteiger partial charge < -0.3 is 10.6 Å². The summed E-state index contributed by atoms with van der Waals surface area (Å²) in [7, 11) is 0. The molecule has 1 heterocycles. The van der Waals surface area contributed by atoms with E-state index in [9.17, 15) is 14.4 Å². The third kappa shape index (κ3) is 5.40. The molecule has 3 amide bonds. The summed E-state index contributed by atoms with van der Waals surface area (Å²) in [6.45, 7) is 1.95. The van der Waals surface area contributed by atoms with Gasteiger partial charge in [-0.05, 0) is 83.0 Å². The number of hydrogen-bond donors (Lipinski definition) is 3. The Hall–Kier alpha value is -2.95. The molecule has 0 fully saturated rings. The summed E-state index contributed by atoms with van der Waals surface area (Å²) < 4.78 is 3.60. The Balaban J connectivity index is 1.64. The van der Waals surface area contributed by atoms with Gasteiger partial charge in [0, 0.05) is 24.5 Å². The highest BCUT2D eigenvalue weighted by Gasteiger charge is 2.21. The molecular weight excluding hydrogens is 632 g/mol.